The minimum atomic E-state index is -0.0765. The van der Waals surface area contributed by atoms with E-state index in [0.29, 0.717) is 17.3 Å². The number of hydrogen-bond donors (Lipinski definition) is 0. The first kappa shape index (κ1) is 25.2. The van der Waals surface area contributed by atoms with Gasteiger partial charge in [0.2, 0.25) is 0 Å². The zero-order valence-electron chi connectivity index (χ0n) is 21.0. The van der Waals surface area contributed by atoms with Crippen LogP contribution in [0.2, 0.25) is 5.02 Å². The normalized spacial score (nSPS) is 11.5. The summed E-state index contributed by atoms with van der Waals surface area (Å²) in [5, 5.41) is 1.47. The van der Waals surface area contributed by atoms with Crippen molar-refractivity contribution in [1.82, 2.24) is 19.4 Å². The third-order valence-corrected chi connectivity index (χ3v) is 6.35. The van der Waals surface area contributed by atoms with Gasteiger partial charge in [0.05, 0.1) is 11.6 Å². The van der Waals surface area contributed by atoms with Gasteiger partial charge in [-0.25, -0.2) is 4.98 Å². The van der Waals surface area contributed by atoms with Crippen molar-refractivity contribution in [3.05, 3.63) is 117 Å². The maximum atomic E-state index is 12.4. The van der Waals surface area contributed by atoms with Gasteiger partial charge < -0.3 is 14.2 Å². The van der Waals surface area contributed by atoms with Crippen LogP contribution in [-0.4, -0.2) is 33.5 Å². The first-order valence-corrected chi connectivity index (χ1v) is 12.0. The lowest BCUT2D eigenvalue weighted by Crippen LogP contribution is -2.22. The van der Waals surface area contributed by atoms with E-state index in [1.54, 1.807) is 35.2 Å². The van der Waals surface area contributed by atoms with Gasteiger partial charge in [-0.15, -0.1) is 0 Å². The molecule has 0 N–H and O–H groups in total. The second-order valence-corrected chi connectivity index (χ2v) is 9.19. The van der Waals surface area contributed by atoms with E-state index in [2.05, 4.69) is 22.5 Å². The third kappa shape index (κ3) is 5.19. The Bertz CT molecular complexity index is 1520. The lowest BCUT2D eigenvalue weighted by molar-refractivity contribution is 0.307. The molecule has 6 nitrogen and oxygen atoms in total. The zero-order chi connectivity index (χ0) is 25.8. The predicted molar refractivity (Wildman–Crippen MR) is 146 cm³/mol. The number of ether oxygens (including phenoxy) is 1. The van der Waals surface area contributed by atoms with E-state index in [4.69, 9.17) is 21.3 Å². The summed E-state index contributed by atoms with van der Waals surface area (Å²) in [5.74, 6) is 0.654. The number of rotatable bonds is 8. The Morgan fingerprint density at radius 1 is 1.17 bits per heavy atom. The molecule has 7 heteroatoms. The van der Waals surface area contributed by atoms with Crippen molar-refractivity contribution in [2.75, 3.05) is 14.1 Å². The molecule has 0 amide bonds. The number of fused-ring (bicyclic) bond motifs is 1. The van der Waals surface area contributed by atoms with E-state index >= 15 is 0 Å². The maximum Gasteiger partial charge on any atom is 0.251 e. The van der Waals surface area contributed by atoms with Gasteiger partial charge in [-0.1, -0.05) is 42.5 Å². The lowest BCUT2D eigenvalue weighted by Gasteiger charge is -2.20. The van der Waals surface area contributed by atoms with E-state index < -0.39 is 0 Å². The van der Waals surface area contributed by atoms with E-state index in [1.165, 1.54) is 0 Å². The number of benzene rings is 1. The molecule has 4 aromatic rings. The molecule has 36 heavy (non-hydrogen) atoms. The highest BCUT2D eigenvalue weighted by Crippen LogP contribution is 2.32. The molecule has 3 heterocycles. The van der Waals surface area contributed by atoms with Crippen LogP contribution in [0.1, 0.15) is 28.1 Å². The predicted octanol–water partition coefficient (Wildman–Crippen LogP) is 5.78. The van der Waals surface area contributed by atoms with Gasteiger partial charge >= 0.3 is 0 Å². The Balaban J connectivity index is 1.73. The van der Waals surface area contributed by atoms with Crippen molar-refractivity contribution in [2.45, 2.75) is 27.0 Å². The average Bonchev–Trinajstić information content (AvgIpc) is 2.84. The highest BCUT2D eigenvalue weighted by Gasteiger charge is 2.16. The van der Waals surface area contributed by atoms with Crippen molar-refractivity contribution in [1.29, 1.82) is 0 Å². The minimum Gasteiger partial charge on any atom is -0.487 e. The van der Waals surface area contributed by atoms with Crippen molar-refractivity contribution >= 4 is 28.2 Å². The minimum absolute atomic E-state index is 0.0765. The van der Waals surface area contributed by atoms with Crippen LogP contribution >= 0.6 is 11.6 Å². The molecule has 0 saturated heterocycles. The highest BCUT2D eigenvalue weighted by atomic mass is 35.5. The van der Waals surface area contributed by atoms with Gasteiger partial charge in [0.15, 0.2) is 0 Å². The largest absolute Gasteiger partial charge is 0.487 e. The summed E-state index contributed by atoms with van der Waals surface area (Å²) in [6.45, 7) is 8.31. The Hall–Kier alpha value is -3.90. The Labute approximate surface area is 216 Å². The van der Waals surface area contributed by atoms with E-state index in [0.717, 1.165) is 44.7 Å². The molecule has 0 fully saturated rings. The fraction of sp³-hybridized carbons (Fsp3) is 0.207. The van der Waals surface area contributed by atoms with Gasteiger partial charge in [-0.3, -0.25) is 9.78 Å². The van der Waals surface area contributed by atoms with Gasteiger partial charge in [-0.05, 0) is 43.7 Å². The van der Waals surface area contributed by atoms with Crippen LogP contribution in [0.25, 0.3) is 16.6 Å². The maximum absolute atomic E-state index is 12.4. The number of pyridine rings is 3. The molecule has 0 aliphatic heterocycles. The molecule has 0 radical (unpaired) electrons. The molecule has 0 unspecified atom stereocenters. The van der Waals surface area contributed by atoms with E-state index in [9.17, 15) is 4.79 Å². The molecule has 4 rings (SSSR count). The van der Waals surface area contributed by atoms with Gasteiger partial charge in [-0.2, -0.15) is 0 Å². The molecule has 3 aromatic heterocycles. The number of nitrogens with zero attached hydrogens (tertiary/aromatic N) is 4. The number of aromatic nitrogens is 3. The summed E-state index contributed by atoms with van der Waals surface area (Å²) >= 11 is 6.55. The summed E-state index contributed by atoms with van der Waals surface area (Å²) < 4.78 is 8.01. The van der Waals surface area contributed by atoms with E-state index in [-0.39, 0.29) is 12.2 Å². The van der Waals surface area contributed by atoms with Crippen LogP contribution in [0.3, 0.4) is 0 Å². The summed E-state index contributed by atoms with van der Waals surface area (Å²) in [6.07, 6.45) is 7.09. The second kappa shape index (κ2) is 10.8. The molecule has 1 aromatic carbocycles. The van der Waals surface area contributed by atoms with Gasteiger partial charge in [0, 0.05) is 66.2 Å². The monoisotopic (exact) mass is 500 g/mol. The van der Waals surface area contributed by atoms with Gasteiger partial charge in [0.1, 0.15) is 17.9 Å². The average molecular weight is 501 g/mol. The van der Waals surface area contributed by atoms with Crippen LogP contribution in [0, 0.1) is 13.8 Å². The zero-order valence-corrected chi connectivity index (χ0v) is 21.7. The number of halogens is 1. The number of aryl methyl sites for hydroxylation is 2. The Kier molecular flexibility index (Phi) is 7.55. The fourth-order valence-electron chi connectivity index (χ4n) is 4.22. The quantitative estimate of drug-likeness (QED) is 0.287. The number of para-hydroxylation sites is 1. The smallest absolute Gasteiger partial charge is 0.251 e. The highest BCUT2D eigenvalue weighted by molar-refractivity contribution is 6.31. The van der Waals surface area contributed by atoms with Gasteiger partial charge in [0.25, 0.3) is 5.56 Å². The van der Waals surface area contributed by atoms with Crippen LogP contribution in [0.15, 0.2) is 78.4 Å². The molecule has 0 aliphatic carbocycles. The molecule has 0 bridgehead atoms. The van der Waals surface area contributed by atoms with Crippen LogP contribution in [0.4, 0.5) is 0 Å². The summed E-state index contributed by atoms with van der Waals surface area (Å²) in [5.41, 5.74) is 6.13. The van der Waals surface area contributed by atoms with Crippen LogP contribution < -0.4 is 10.3 Å². The van der Waals surface area contributed by atoms with Crippen LogP contribution in [0.5, 0.6) is 5.75 Å². The second-order valence-electron chi connectivity index (χ2n) is 8.78. The van der Waals surface area contributed by atoms with E-state index in [1.807, 2.05) is 58.3 Å². The molecular weight excluding hydrogens is 472 g/mol. The molecular formula is C29H29ClN4O2. The van der Waals surface area contributed by atoms with Crippen LogP contribution in [-0.2, 0) is 13.2 Å². The standard InChI is InChI=1S/C29H29ClN4O2/c1-6-9-26(33(4)5)23-14-19(2)32-29-22(23)11-8-12-27(29)36-18-24-21(15-31-16-25(24)30)17-34-20(3)10-7-13-28(34)35/h6-16H,1,17-18H2,2-5H3/b26-9-. The lowest BCUT2D eigenvalue weighted by atomic mass is 10.0. The Morgan fingerprint density at radius 3 is 2.67 bits per heavy atom. The molecule has 0 atom stereocenters. The first-order chi connectivity index (χ1) is 17.3. The molecule has 184 valence electrons. The third-order valence-electron chi connectivity index (χ3n) is 6.03. The molecule has 0 spiro atoms. The molecule has 0 aliphatic rings. The Morgan fingerprint density at radius 2 is 1.94 bits per heavy atom. The number of allylic oxidation sites excluding steroid dienone is 2. The number of hydrogen-bond acceptors (Lipinski definition) is 5. The first-order valence-electron chi connectivity index (χ1n) is 11.6. The summed E-state index contributed by atoms with van der Waals surface area (Å²) in [4.78, 5) is 23.5. The fourth-order valence-corrected chi connectivity index (χ4v) is 4.45. The SMILES string of the molecule is C=C/C=C(/c1cc(C)nc2c(OCc3c(Cl)cncc3Cn3c(C)cccc3=O)cccc12)N(C)C. The van der Waals surface area contributed by atoms with Crippen molar-refractivity contribution in [2.24, 2.45) is 0 Å². The summed E-state index contributed by atoms with van der Waals surface area (Å²) in [7, 11) is 4.01. The molecule has 0 saturated carbocycles. The van der Waals surface area contributed by atoms with Crippen molar-refractivity contribution < 1.29 is 4.74 Å². The van der Waals surface area contributed by atoms with Crippen molar-refractivity contribution in [3.63, 3.8) is 0 Å². The van der Waals surface area contributed by atoms with Crippen molar-refractivity contribution in [3.8, 4) is 5.75 Å². The summed E-state index contributed by atoms with van der Waals surface area (Å²) in [6, 6.07) is 13.2. The topological polar surface area (TPSA) is 60.3 Å².